The van der Waals surface area contributed by atoms with Crippen molar-refractivity contribution >= 4 is 28.9 Å². The van der Waals surface area contributed by atoms with Gasteiger partial charge in [0.2, 0.25) is 5.91 Å². The molecule has 0 bridgehead atoms. The number of alkyl halides is 3. The Bertz CT molecular complexity index is 1360. The largest absolute Gasteiger partial charge is 0.573 e. The lowest BCUT2D eigenvalue weighted by Crippen LogP contribution is -2.46. The van der Waals surface area contributed by atoms with Gasteiger partial charge in [0.05, 0.1) is 18.3 Å². The number of carbonyl (C=O) groups excluding carboxylic acids is 3. The van der Waals surface area contributed by atoms with Crippen LogP contribution in [0.5, 0.6) is 11.5 Å². The van der Waals surface area contributed by atoms with Crippen LogP contribution in [0.25, 0.3) is 10.9 Å². The molecule has 1 aromatic carbocycles. The smallest absolute Gasteiger partial charge is 0.506 e. The van der Waals surface area contributed by atoms with Gasteiger partial charge >= 0.3 is 18.4 Å². The Morgan fingerprint density at radius 2 is 1.83 bits per heavy atom. The third-order valence-corrected chi connectivity index (χ3v) is 7.22. The second-order valence-corrected chi connectivity index (χ2v) is 12.1. The summed E-state index contributed by atoms with van der Waals surface area (Å²) in [6.07, 6.45) is 2.41. The number of pyridine rings is 1. The summed E-state index contributed by atoms with van der Waals surface area (Å²) in [6, 6.07) is 2.83. The monoisotopic (exact) mass is 683 g/mol. The SMILES string of the molecule is C=CCCCCC.CC.COC(=O)C1CC(CCc2c(O)c(C)nc3ccc(OC(F)(F)F)cc23)CN1C(=O)CNC(=O)OC(C)(C)C. The third kappa shape index (κ3) is 14.0. The van der Waals surface area contributed by atoms with Crippen molar-refractivity contribution in [2.75, 3.05) is 20.2 Å². The molecule has 0 aliphatic carbocycles. The lowest BCUT2D eigenvalue weighted by molar-refractivity contribution is -0.274. The number of halogens is 3. The number of allylic oxidation sites excluding steroid dienone is 1. The molecule has 0 saturated carbocycles. The van der Waals surface area contributed by atoms with Crippen molar-refractivity contribution in [1.82, 2.24) is 15.2 Å². The highest BCUT2D eigenvalue weighted by molar-refractivity contribution is 5.88. The van der Waals surface area contributed by atoms with Gasteiger partial charge in [-0.2, -0.15) is 0 Å². The molecule has 2 N–H and O–H groups in total. The molecular weight excluding hydrogens is 631 g/mol. The van der Waals surface area contributed by atoms with Crippen molar-refractivity contribution in [2.24, 2.45) is 5.92 Å². The fraction of sp³-hybridized carbons (Fsp3) is 0.600. The molecule has 1 fully saturated rings. The molecule has 2 heterocycles. The standard InChI is InChI=1S/C26H32F3N3O7.C7H14.C2H6/c1-14-22(34)17(18-11-16(38-26(27,28)29)7-9-19(18)31-14)8-6-15-10-20(23(35)37-5)32(13-15)21(33)12-30-24(36)39-25(2,3)4;1-3-5-7-6-4-2;1-2/h7,9,11,15,20,34H,6,8,10,12-13H2,1-5H3,(H,30,36);3H,1,4-7H2,2H3;1-2H3. The van der Waals surface area contributed by atoms with Gasteiger partial charge in [0.15, 0.2) is 0 Å². The minimum Gasteiger partial charge on any atom is -0.506 e. The number of nitrogens with zero attached hydrogens (tertiary/aromatic N) is 2. The molecule has 1 saturated heterocycles. The summed E-state index contributed by atoms with van der Waals surface area (Å²) in [7, 11) is 1.21. The van der Waals surface area contributed by atoms with Crippen LogP contribution in [0.15, 0.2) is 30.9 Å². The van der Waals surface area contributed by atoms with E-state index in [4.69, 9.17) is 9.47 Å². The van der Waals surface area contributed by atoms with E-state index in [0.717, 1.165) is 6.07 Å². The Hall–Kier alpha value is -4.03. The summed E-state index contributed by atoms with van der Waals surface area (Å²) in [4.78, 5) is 42.8. The Morgan fingerprint density at radius 1 is 1.17 bits per heavy atom. The Balaban J connectivity index is 0.00000113. The number of fused-ring (bicyclic) bond motifs is 1. The number of alkyl carbamates (subject to hydrolysis) is 1. The van der Waals surface area contributed by atoms with Crippen LogP contribution in [-0.4, -0.2) is 71.2 Å². The molecule has 3 rings (SSSR count). The molecule has 1 aliphatic rings. The molecule has 1 aromatic heterocycles. The van der Waals surface area contributed by atoms with Crippen LogP contribution in [0.3, 0.4) is 0 Å². The molecule has 13 heteroatoms. The molecule has 0 spiro atoms. The maximum atomic E-state index is 12.9. The van der Waals surface area contributed by atoms with E-state index >= 15 is 0 Å². The number of likely N-dealkylation sites (tertiary alicyclic amines) is 1. The van der Waals surface area contributed by atoms with Crippen molar-refractivity contribution in [1.29, 1.82) is 0 Å². The number of benzene rings is 1. The molecule has 1 aliphatic heterocycles. The summed E-state index contributed by atoms with van der Waals surface area (Å²) in [5, 5.41) is 13.4. The van der Waals surface area contributed by atoms with Gasteiger partial charge in [-0.1, -0.05) is 39.7 Å². The lowest BCUT2D eigenvalue weighted by atomic mass is 9.94. The van der Waals surface area contributed by atoms with Crippen LogP contribution in [0, 0.1) is 12.8 Å². The van der Waals surface area contributed by atoms with Crippen molar-refractivity contribution in [3.8, 4) is 11.5 Å². The van der Waals surface area contributed by atoms with Crippen LogP contribution < -0.4 is 10.1 Å². The van der Waals surface area contributed by atoms with E-state index in [-0.39, 0.29) is 37.6 Å². The summed E-state index contributed by atoms with van der Waals surface area (Å²) in [5.41, 5.74) is 0.335. The van der Waals surface area contributed by atoms with Crippen LogP contribution in [0.1, 0.15) is 91.3 Å². The number of nitrogens with one attached hydrogen (secondary N) is 1. The first-order valence-electron chi connectivity index (χ1n) is 16.3. The zero-order chi connectivity index (χ0) is 36.7. The van der Waals surface area contributed by atoms with E-state index in [1.54, 1.807) is 27.7 Å². The van der Waals surface area contributed by atoms with Crippen LogP contribution in [0.2, 0.25) is 0 Å². The second-order valence-electron chi connectivity index (χ2n) is 12.1. The second kappa shape index (κ2) is 19.7. The van der Waals surface area contributed by atoms with E-state index in [9.17, 15) is 32.7 Å². The number of esters is 1. The van der Waals surface area contributed by atoms with Crippen LogP contribution in [0.4, 0.5) is 18.0 Å². The van der Waals surface area contributed by atoms with Crippen molar-refractivity contribution < 1.29 is 46.9 Å². The summed E-state index contributed by atoms with van der Waals surface area (Å²) in [5.74, 6) is -1.89. The number of methoxy groups -OCH3 is 1. The number of carbonyl (C=O) groups is 3. The first-order valence-corrected chi connectivity index (χ1v) is 16.3. The van der Waals surface area contributed by atoms with Gasteiger partial charge in [0.25, 0.3) is 0 Å². The fourth-order valence-electron chi connectivity index (χ4n) is 5.10. The van der Waals surface area contributed by atoms with Gasteiger partial charge in [0.1, 0.15) is 29.7 Å². The van der Waals surface area contributed by atoms with Crippen LogP contribution in [-0.2, 0) is 25.5 Å². The van der Waals surface area contributed by atoms with Crippen LogP contribution >= 0.6 is 0 Å². The van der Waals surface area contributed by atoms with Gasteiger partial charge in [-0.25, -0.2) is 14.6 Å². The Morgan fingerprint density at radius 3 is 2.40 bits per heavy atom. The molecule has 2 amide bonds. The number of aromatic hydroxyl groups is 1. The average molecular weight is 684 g/mol. The number of hydrogen-bond acceptors (Lipinski definition) is 8. The minimum absolute atomic E-state index is 0.149. The number of ether oxygens (including phenoxy) is 3. The maximum absolute atomic E-state index is 12.9. The number of hydrogen-bond donors (Lipinski definition) is 2. The third-order valence-electron chi connectivity index (χ3n) is 7.22. The summed E-state index contributed by atoms with van der Waals surface area (Å²) in [6.45, 7) is 16.3. The molecular formula is C35H52F3N3O7. The normalized spacial score (nSPS) is 15.8. The minimum atomic E-state index is -4.88. The van der Waals surface area contributed by atoms with Crippen molar-refractivity contribution in [2.45, 2.75) is 111 Å². The van der Waals surface area contributed by atoms with Crippen molar-refractivity contribution in [3.05, 3.63) is 42.1 Å². The molecule has 48 heavy (non-hydrogen) atoms. The van der Waals surface area contributed by atoms with Gasteiger partial charge in [0, 0.05) is 17.5 Å². The maximum Gasteiger partial charge on any atom is 0.573 e. The highest BCUT2D eigenvalue weighted by atomic mass is 19.4. The van der Waals surface area contributed by atoms with E-state index in [0.29, 0.717) is 28.6 Å². The number of amides is 2. The van der Waals surface area contributed by atoms with Gasteiger partial charge in [-0.05, 0) is 83.9 Å². The molecule has 2 atom stereocenters. The number of rotatable bonds is 11. The van der Waals surface area contributed by atoms with E-state index in [1.165, 1.54) is 49.8 Å². The first kappa shape index (κ1) is 42.0. The predicted molar refractivity (Wildman–Crippen MR) is 179 cm³/mol. The predicted octanol–water partition coefficient (Wildman–Crippen LogP) is 7.77. The van der Waals surface area contributed by atoms with Crippen molar-refractivity contribution in [3.63, 3.8) is 0 Å². The molecule has 2 unspecified atom stereocenters. The number of aryl methyl sites for hydroxylation is 2. The van der Waals surface area contributed by atoms with Gasteiger partial charge < -0.3 is 29.5 Å². The zero-order valence-corrected chi connectivity index (χ0v) is 29.5. The first-order chi connectivity index (χ1) is 22.5. The summed E-state index contributed by atoms with van der Waals surface area (Å²) < 4.78 is 52.3. The molecule has 0 radical (unpaired) electrons. The van der Waals surface area contributed by atoms with E-state index < -0.39 is 41.7 Å². The highest BCUT2D eigenvalue weighted by Gasteiger charge is 2.40. The quantitative estimate of drug-likeness (QED) is 0.140. The molecule has 270 valence electrons. The van der Waals surface area contributed by atoms with E-state index in [1.807, 2.05) is 19.9 Å². The molecule has 2 aromatic rings. The highest BCUT2D eigenvalue weighted by Crippen LogP contribution is 2.36. The fourth-order valence-corrected chi connectivity index (χ4v) is 5.10. The lowest BCUT2D eigenvalue weighted by Gasteiger charge is -2.24. The number of aromatic nitrogens is 1. The van der Waals surface area contributed by atoms with E-state index in [2.05, 4.69) is 28.5 Å². The molecule has 10 nitrogen and oxygen atoms in total. The summed E-state index contributed by atoms with van der Waals surface area (Å²) >= 11 is 0. The zero-order valence-electron chi connectivity index (χ0n) is 29.5. The topological polar surface area (TPSA) is 127 Å². The van der Waals surface area contributed by atoms with Gasteiger partial charge in [-0.15, -0.1) is 19.8 Å². The van der Waals surface area contributed by atoms with Gasteiger partial charge in [-0.3, -0.25) is 4.79 Å². The Labute approximate surface area is 282 Å². The average Bonchev–Trinajstić information content (AvgIpc) is 3.44. The number of unbranched alkanes of at least 4 members (excludes halogenated alkanes) is 3. The Kier molecular flexibility index (Phi) is 17.2.